The highest BCUT2D eigenvalue weighted by Gasteiger charge is 2.47. The number of anilines is 1. The number of benzene rings is 1. The largest absolute Gasteiger partial charge is 0.479 e. The van der Waals surface area contributed by atoms with Gasteiger partial charge in [-0.15, -0.1) is 10.2 Å². The minimum Gasteiger partial charge on any atom is -0.479 e. The standard InChI is InChI=1S/C24H23F5N8O2/c1-12(38)35-6-5-18(24(28,29)11-35)30-22-31-21(39-2)20-19(15(25)10-36(20)33-22)13-3-4-16-17(7-13)37(34-32-16)14-8-23(26,27)9-14/h3-4,7,10,14,18H,5-6,8-9,11H2,1-2H3,(H,30,33)/t18-/m1/s1/i1D3. The number of methoxy groups -OCH3 is 1. The summed E-state index contributed by atoms with van der Waals surface area (Å²) >= 11 is 0. The molecule has 2 fully saturated rings. The lowest BCUT2D eigenvalue weighted by Gasteiger charge is -2.38. The van der Waals surface area contributed by atoms with E-state index in [1.807, 2.05) is 0 Å². The van der Waals surface area contributed by atoms with Crippen molar-refractivity contribution in [2.24, 2.45) is 0 Å². The number of carbonyl (C=O) groups is 1. The SMILES string of the molecule is [2H]C([2H])([2H])C(=O)N1CC[C@@H](Nc2nc(OC)c3c(-c4ccc5nnn(C6CC(F)(F)C6)c5c4)c(F)cn3n2)C(F)(F)C1. The van der Waals surface area contributed by atoms with E-state index in [2.05, 4.69) is 25.7 Å². The van der Waals surface area contributed by atoms with Crippen LogP contribution in [-0.2, 0) is 4.79 Å². The fraction of sp³-hybridized carbons (Fsp3) is 0.458. The zero-order valence-corrected chi connectivity index (χ0v) is 20.3. The molecule has 4 aromatic rings. The molecule has 1 saturated heterocycles. The van der Waals surface area contributed by atoms with Crippen LogP contribution in [0.2, 0.25) is 0 Å². The number of alkyl halides is 4. The van der Waals surface area contributed by atoms with Crippen molar-refractivity contribution >= 4 is 28.4 Å². The number of rotatable bonds is 5. The van der Waals surface area contributed by atoms with Gasteiger partial charge in [0.25, 0.3) is 11.8 Å². The van der Waals surface area contributed by atoms with Crippen LogP contribution in [0.25, 0.3) is 27.7 Å². The summed E-state index contributed by atoms with van der Waals surface area (Å²) in [6.45, 7) is -4.39. The van der Waals surface area contributed by atoms with E-state index < -0.39 is 49.0 Å². The molecule has 1 atom stereocenters. The van der Waals surface area contributed by atoms with E-state index in [1.165, 1.54) is 11.8 Å². The number of piperidine rings is 1. The van der Waals surface area contributed by atoms with Crippen LogP contribution in [0, 0.1) is 5.82 Å². The summed E-state index contributed by atoms with van der Waals surface area (Å²) in [6.07, 6.45) is -0.0600. The molecule has 206 valence electrons. The second-order valence-electron chi connectivity index (χ2n) is 9.72. The number of nitrogens with one attached hydrogen (secondary N) is 1. The van der Waals surface area contributed by atoms with Gasteiger partial charge in [-0.3, -0.25) is 4.79 Å². The molecule has 2 aliphatic rings. The summed E-state index contributed by atoms with van der Waals surface area (Å²) in [5.74, 6) is -8.88. The first-order valence-corrected chi connectivity index (χ1v) is 12.0. The number of amides is 1. The number of nitrogens with zero attached hydrogens (tertiary/aromatic N) is 7. The quantitative estimate of drug-likeness (QED) is 0.374. The molecule has 4 heterocycles. The monoisotopic (exact) mass is 553 g/mol. The molecule has 15 heteroatoms. The second-order valence-corrected chi connectivity index (χ2v) is 9.72. The summed E-state index contributed by atoms with van der Waals surface area (Å²) < 4.78 is 102. The Morgan fingerprint density at radius 1 is 1.26 bits per heavy atom. The number of carbonyl (C=O) groups excluding carboxylic acids is 1. The maximum Gasteiger partial charge on any atom is 0.285 e. The Morgan fingerprint density at radius 3 is 2.74 bits per heavy atom. The van der Waals surface area contributed by atoms with Crippen molar-refractivity contribution in [3.63, 3.8) is 0 Å². The van der Waals surface area contributed by atoms with Gasteiger partial charge in [-0.25, -0.2) is 31.1 Å². The Hall–Kier alpha value is -4.04. The van der Waals surface area contributed by atoms with Crippen molar-refractivity contribution in [3.8, 4) is 17.0 Å². The first-order valence-electron chi connectivity index (χ1n) is 13.5. The van der Waals surface area contributed by atoms with E-state index in [1.54, 1.807) is 18.2 Å². The number of fused-ring (bicyclic) bond motifs is 2. The number of likely N-dealkylation sites (tertiary alicyclic amines) is 1. The van der Waals surface area contributed by atoms with Gasteiger partial charge in [0.2, 0.25) is 17.7 Å². The first kappa shape index (κ1) is 21.8. The molecular weight excluding hydrogens is 527 g/mol. The number of hydrogen-bond donors (Lipinski definition) is 1. The predicted octanol–water partition coefficient (Wildman–Crippen LogP) is 3.93. The van der Waals surface area contributed by atoms with Crippen molar-refractivity contribution < 1.29 is 35.6 Å². The van der Waals surface area contributed by atoms with Crippen LogP contribution in [0.4, 0.5) is 27.9 Å². The van der Waals surface area contributed by atoms with E-state index in [4.69, 9.17) is 8.85 Å². The third-order valence-electron chi connectivity index (χ3n) is 7.11. The molecule has 0 radical (unpaired) electrons. The molecule has 6 rings (SSSR count). The van der Waals surface area contributed by atoms with Gasteiger partial charge in [0.1, 0.15) is 11.0 Å². The zero-order valence-electron chi connectivity index (χ0n) is 23.3. The van der Waals surface area contributed by atoms with Crippen LogP contribution in [0.15, 0.2) is 24.4 Å². The summed E-state index contributed by atoms with van der Waals surface area (Å²) in [5, 5.41) is 14.7. The van der Waals surface area contributed by atoms with Gasteiger partial charge < -0.3 is 15.0 Å². The van der Waals surface area contributed by atoms with Gasteiger partial charge >= 0.3 is 0 Å². The number of halogens is 5. The maximum atomic E-state index is 15.4. The van der Waals surface area contributed by atoms with Crippen LogP contribution in [0.1, 0.15) is 36.3 Å². The normalized spacial score (nSPS) is 22.3. The average molecular weight is 554 g/mol. The Bertz CT molecular complexity index is 1700. The predicted molar refractivity (Wildman–Crippen MR) is 128 cm³/mol. The number of hydrogen-bond acceptors (Lipinski definition) is 7. The third-order valence-corrected chi connectivity index (χ3v) is 7.11. The highest BCUT2D eigenvalue weighted by molar-refractivity contribution is 5.90. The van der Waals surface area contributed by atoms with E-state index in [9.17, 15) is 22.4 Å². The Balaban J connectivity index is 1.31. The molecule has 39 heavy (non-hydrogen) atoms. The zero-order chi connectivity index (χ0) is 30.2. The van der Waals surface area contributed by atoms with E-state index in [0.29, 0.717) is 21.5 Å². The molecule has 0 unspecified atom stereocenters. The van der Waals surface area contributed by atoms with Crippen LogP contribution >= 0.6 is 0 Å². The molecule has 1 amide bonds. The summed E-state index contributed by atoms with van der Waals surface area (Å²) in [4.78, 5) is 16.8. The molecule has 10 nitrogen and oxygen atoms in total. The van der Waals surface area contributed by atoms with E-state index in [0.717, 1.165) is 10.7 Å². The average Bonchev–Trinajstić information content (AvgIpc) is 3.46. The Labute approximate surface area is 221 Å². The lowest BCUT2D eigenvalue weighted by Crippen LogP contribution is -2.55. The molecule has 1 aromatic carbocycles. The summed E-state index contributed by atoms with van der Waals surface area (Å²) in [6, 6.07) is 2.58. The highest BCUT2D eigenvalue weighted by Crippen LogP contribution is 2.46. The van der Waals surface area contributed by atoms with Gasteiger partial charge in [-0.05, 0) is 24.1 Å². The minimum atomic E-state index is -3.53. The van der Waals surface area contributed by atoms with Gasteiger partial charge in [0, 0.05) is 30.4 Å². The lowest BCUT2D eigenvalue weighted by atomic mass is 9.88. The van der Waals surface area contributed by atoms with Gasteiger partial charge in [0.15, 0.2) is 5.82 Å². The molecule has 3 aromatic heterocycles. The Morgan fingerprint density at radius 2 is 2.05 bits per heavy atom. The van der Waals surface area contributed by atoms with Crippen LogP contribution in [0.3, 0.4) is 0 Å². The van der Waals surface area contributed by atoms with Crippen LogP contribution in [0.5, 0.6) is 5.88 Å². The maximum absolute atomic E-state index is 15.4. The molecule has 1 saturated carbocycles. The topological polar surface area (TPSA) is 102 Å². The first-order chi connectivity index (χ1) is 19.7. The molecule has 0 spiro atoms. The second kappa shape index (κ2) is 8.74. The molecule has 1 N–H and O–H groups in total. The number of ether oxygens (including phenoxy) is 1. The Kier molecular flexibility index (Phi) is 4.90. The van der Waals surface area contributed by atoms with E-state index >= 15 is 4.39 Å². The smallest absolute Gasteiger partial charge is 0.285 e. The lowest BCUT2D eigenvalue weighted by molar-refractivity contribution is -0.140. The van der Waals surface area contributed by atoms with E-state index in [-0.39, 0.29) is 48.7 Å². The fourth-order valence-electron chi connectivity index (χ4n) is 5.11. The molecule has 1 aliphatic heterocycles. The molecule has 1 aliphatic carbocycles. The molecule has 0 bridgehead atoms. The van der Waals surface area contributed by atoms with Crippen molar-refractivity contribution in [2.75, 3.05) is 25.5 Å². The van der Waals surface area contributed by atoms with Gasteiger partial charge in [-0.1, -0.05) is 11.3 Å². The van der Waals surface area contributed by atoms with Crippen molar-refractivity contribution in [2.45, 2.75) is 50.0 Å². The van der Waals surface area contributed by atoms with Gasteiger partial charge in [-0.2, -0.15) is 4.98 Å². The highest BCUT2D eigenvalue weighted by atomic mass is 19.3. The van der Waals surface area contributed by atoms with Crippen LogP contribution < -0.4 is 10.1 Å². The summed E-state index contributed by atoms with van der Waals surface area (Å²) in [7, 11) is 1.26. The van der Waals surface area contributed by atoms with Gasteiger partial charge in [0.05, 0.1) is 43.0 Å². The fourth-order valence-corrected chi connectivity index (χ4v) is 5.11. The third kappa shape index (κ3) is 4.29. The van der Waals surface area contributed by atoms with Crippen molar-refractivity contribution in [1.29, 1.82) is 0 Å². The van der Waals surface area contributed by atoms with Crippen molar-refractivity contribution in [3.05, 3.63) is 30.2 Å². The number of aromatic nitrogens is 6. The van der Waals surface area contributed by atoms with Crippen molar-refractivity contribution in [1.82, 2.24) is 34.5 Å². The van der Waals surface area contributed by atoms with Crippen LogP contribution in [-0.4, -0.2) is 78.5 Å². The summed E-state index contributed by atoms with van der Waals surface area (Å²) in [5.41, 5.74) is 1.29. The minimum absolute atomic E-state index is 0.0220. The molecular formula is C24H23F5N8O2.